The molecule has 0 amide bonds. The molecule has 2 N–H and O–H groups in total. The first-order chi connectivity index (χ1) is 17.6. The first kappa shape index (κ1) is 26.8. The highest BCUT2D eigenvalue weighted by Crippen LogP contribution is 2.30. The van der Waals surface area contributed by atoms with E-state index < -0.39 is 0 Å². The maximum Gasteiger partial charge on any atom is 0.123 e. The minimum Gasteiger partial charge on any atom is -0.493 e. The number of hydrogen-bond donors (Lipinski definition) is 2. The second kappa shape index (κ2) is 13.9. The Morgan fingerprint density at radius 3 is 2.31 bits per heavy atom. The minimum atomic E-state index is 0.128. The molecular weight excluding hydrogens is 494 g/mol. The molecule has 1 saturated heterocycles. The summed E-state index contributed by atoms with van der Waals surface area (Å²) in [6, 6.07) is 23.2. The molecule has 0 radical (unpaired) electrons. The van der Waals surface area contributed by atoms with E-state index >= 15 is 0 Å². The molecule has 6 nitrogen and oxygen atoms in total. The average Bonchev–Trinajstić information content (AvgIpc) is 2.90. The van der Waals surface area contributed by atoms with E-state index in [4.69, 9.17) is 16.3 Å². The summed E-state index contributed by atoms with van der Waals surface area (Å²) in [6.45, 7) is 5.57. The summed E-state index contributed by atoms with van der Waals surface area (Å²) >= 11 is 7.75. The third-order valence-corrected chi connectivity index (χ3v) is 7.47. The number of anilines is 1. The number of halogens is 1. The zero-order chi connectivity index (χ0) is 25.2. The van der Waals surface area contributed by atoms with Crippen molar-refractivity contribution in [3.05, 3.63) is 88.9 Å². The first-order valence-corrected chi connectivity index (χ1v) is 13.6. The first-order valence-electron chi connectivity index (χ1n) is 12.5. The number of benzene rings is 3. The highest BCUT2D eigenvalue weighted by Gasteiger charge is 2.14. The molecule has 8 heteroatoms. The van der Waals surface area contributed by atoms with E-state index in [0.29, 0.717) is 30.4 Å². The molecular formula is C28H34ClN3O3S. The molecule has 4 rings (SSSR count). The standard InChI is InChI=1S/C28H34ClN3O3S/c29-25-11-15-27(16-12-25)36-31(21-23-9-13-26(14-10-23)32(33)34)22-24-7-2-3-8-28(24)35-20-6-19-30-17-4-1-5-18-30/h2-3,7-16,33-34H,1,4-6,17-22H2. The molecule has 3 aromatic carbocycles. The molecule has 0 aromatic heterocycles. The van der Waals surface area contributed by atoms with Crippen LogP contribution in [0.15, 0.2) is 77.7 Å². The third kappa shape index (κ3) is 8.40. The molecule has 192 valence electrons. The van der Waals surface area contributed by atoms with Crippen LogP contribution in [-0.4, -0.2) is 45.9 Å². The summed E-state index contributed by atoms with van der Waals surface area (Å²) in [5.41, 5.74) is 2.51. The topological polar surface area (TPSA) is 59.4 Å². The van der Waals surface area contributed by atoms with Crippen LogP contribution in [0.5, 0.6) is 5.75 Å². The Morgan fingerprint density at radius 2 is 1.58 bits per heavy atom. The van der Waals surface area contributed by atoms with Gasteiger partial charge in [-0.05, 0) is 92.3 Å². The number of nitrogens with zero attached hydrogens (tertiary/aromatic N) is 3. The van der Waals surface area contributed by atoms with Gasteiger partial charge in [-0.25, -0.2) is 4.31 Å². The van der Waals surface area contributed by atoms with Crippen LogP contribution in [0.4, 0.5) is 5.69 Å². The van der Waals surface area contributed by atoms with Crippen LogP contribution in [-0.2, 0) is 13.1 Å². The zero-order valence-corrected chi connectivity index (χ0v) is 22.0. The minimum absolute atomic E-state index is 0.128. The second-order valence-electron chi connectivity index (χ2n) is 9.01. The lowest BCUT2D eigenvalue weighted by atomic mass is 10.1. The maximum atomic E-state index is 9.25. The van der Waals surface area contributed by atoms with Gasteiger partial charge in [0.1, 0.15) is 5.75 Å². The van der Waals surface area contributed by atoms with Crippen molar-refractivity contribution in [3.63, 3.8) is 0 Å². The molecule has 1 aliphatic heterocycles. The Morgan fingerprint density at radius 1 is 0.861 bits per heavy atom. The van der Waals surface area contributed by atoms with E-state index in [1.807, 2.05) is 54.6 Å². The second-order valence-corrected chi connectivity index (χ2v) is 10.6. The van der Waals surface area contributed by atoms with E-state index in [1.165, 1.54) is 32.4 Å². The summed E-state index contributed by atoms with van der Waals surface area (Å²) in [7, 11) is 0. The molecule has 3 aromatic rings. The molecule has 0 aliphatic carbocycles. The maximum absolute atomic E-state index is 9.25. The molecule has 0 saturated carbocycles. The SMILES string of the molecule is ON(O)c1ccc(CN(Cc2ccccc2OCCCN2CCCCC2)Sc2ccc(Cl)cc2)cc1. The molecule has 0 unspecified atom stereocenters. The van der Waals surface area contributed by atoms with Crippen LogP contribution in [0.1, 0.15) is 36.8 Å². The van der Waals surface area contributed by atoms with Gasteiger partial charge in [0.25, 0.3) is 0 Å². The fraction of sp³-hybridized carbons (Fsp3) is 0.357. The van der Waals surface area contributed by atoms with Crippen LogP contribution >= 0.6 is 23.5 Å². The number of likely N-dealkylation sites (tertiary alicyclic amines) is 1. The Hall–Kier alpha value is -2.26. The fourth-order valence-corrected chi connectivity index (χ4v) is 5.42. The van der Waals surface area contributed by atoms with Crippen molar-refractivity contribution >= 4 is 29.2 Å². The van der Waals surface area contributed by atoms with Crippen LogP contribution in [0.3, 0.4) is 0 Å². The quantitative estimate of drug-likeness (QED) is 0.151. The molecule has 0 spiro atoms. The molecule has 1 heterocycles. The van der Waals surface area contributed by atoms with Gasteiger partial charge >= 0.3 is 0 Å². The number of para-hydroxylation sites is 1. The van der Waals surface area contributed by atoms with Crippen LogP contribution in [0.2, 0.25) is 5.02 Å². The number of piperidine rings is 1. The lowest BCUT2D eigenvalue weighted by molar-refractivity contribution is 0.0291. The Kier molecular flexibility index (Phi) is 10.3. The lowest BCUT2D eigenvalue weighted by Gasteiger charge is -2.26. The molecule has 36 heavy (non-hydrogen) atoms. The average molecular weight is 528 g/mol. The van der Waals surface area contributed by atoms with E-state index in [1.54, 1.807) is 24.1 Å². The van der Waals surface area contributed by atoms with Gasteiger partial charge in [0.15, 0.2) is 0 Å². The van der Waals surface area contributed by atoms with Gasteiger partial charge < -0.3 is 9.64 Å². The van der Waals surface area contributed by atoms with E-state index in [9.17, 15) is 10.4 Å². The number of rotatable bonds is 12. The molecule has 1 fully saturated rings. The van der Waals surface area contributed by atoms with Crippen molar-refractivity contribution in [1.82, 2.24) is 9.21 Å². The highest BCUT2D eigenvalue weighted by atomic mass is 35.5. The van der Waals surface area contributed by atoms with E-state index in [-0.39, 0.29) is 5.23 Å². The monoisotopic (exact) mass is 527 g/mol. The Labute approximate surface area is 223 Å². The van der Waals surface area contributed by atoms with Gasteiger partial charge in [0, 0.05) is 35.1 Å². The normalized spacial score (nSPS) is 14.2. The molecule has 0 bridgehead atoms. The highest BCUT2D eigenvalue weighted by molar-refractivity contribution is 7.97. The predicted octanol–water partition coefficient (Wildman–Crippen LogP) is 6.89. The number of ether oxygens (including phenoxy) is 1. The molecule has 1 aliphatic rings. The Bertz CT molecular complexity index is 1060. The van der Waals surface area contributed by atoms with Crippen molar-refractivity contribution in [2.75, 3.05) is 31.5 Å². The van der Waals surface area contributed by atoms with Gasteiger partial charge in [-0.1, -0.05) is 48.4 Å². The van der Waals surface area contributed by atoms with E-state index in [0.717, 1.165) is 34.7 Å². The smallest absolute Gasteiger partial charge is 0.123 e. The Balaban J connectivity index is 1.42. The van der Waals surface area contributed by atoms with Crippen LogP contribution in [0.25, 0.3) is 0 Å². The van der Waals surface area contributed by atoms with Crippen LogP contribution in [0, 0.1) is 0 Å². The van der Waals surface area contributed by atoms with Crippen molar-refractivity contribution < 1.29 is 15.2 Å². The third-order valence-electron chi connectivity index (χ3n) is 6.22. The summed E-state index contributed by atoms with van der Waals surface area (Å²) in [5, 5.41) is 19.3. The summed E-state index contributed by atoms with van der Waals surface area (Å²) in [4.78, 5) is 3.63. The largest absolute Gasteiger partial charge is 0.493 e. The lowest BCUT2D eigenvalue weighted by Crippen LogP contribution is -2.31. The zero-order valence-electron chi connectivity index (χ0n) is 20.4. The van der Waals surface area contributed by atoms with Gasteiger partial charge in [0.05, 0.1) is 12.3 Å². The predicted molar refractivity (Wildman–Crippen MR) is 146 cm³/mol. The van der Waals surface area contributed by atoms with Crippen molar-refractivity contribution in [3.8, 4) is 5.75 Å². The van der Waals surface area contributed by atoms with Gasteiger partial charge in [-0.15, -0.1) is 5.23 Å². The fourth-order valence-electron chi connectivity index (χ4n) is 4.32. The van der Waals surface area contributed by atoms with Gasteiger partial charge in [-0.3, -0.25) is 10.4 Å². The van der Waals surface area contributed by atoms with Crippen LogP contribution < -0.4 is 9.96 Å². The summed E-state index contributed by atoms with van der Waals surface area (Å²) < 4.78 is 8.51. The number of hydrogen-bond acceptors (Lipinski definition) is 7. The van der Waals surface area contributed by atoms with Gasteiger partial charge in [-0.2, -0.15) is 0 Å². The molecule has 0 atom stereocenters. The van der Waals surface area contributed by atoms with E-state index in [2.05, 4.69) is 15.3 Å². The van der Waals surface area contributed by atoms with Crippen molar-refractivity contribution in [2.45, 2.75) is 43.7 Å². The summed E-state index contributed by atoms with van der Waals surface area (Å²) in [5.74, 6) is 0.921. The summed E-state index contributed by atoms with van der Waals surface area (Å²) in [6.07, 6.45) is 5.00. The van der Waals surface area contributed by atoms with Crippen molar-refractivity contribution in [1.29, 1.82) is 0 Å². The van der Waals surface area contributed by atoms with Crippen molar-refractivity contribution in [2.24, 2.45) is 0 Å². The van der Waals surface area contributed by atoms with Gasteiger partial charge in [0.2, 0.25) is 0 Å².